The van der Waals surface area contributed by atoms with E-state index in [2.05, 4.69) is 0 Å². The SMILES string of the molecule is COCC(C)OC(=O)c1ccc(N)cc1N. The standard InChI is InChI=1S/C11H16N2O3/c1-7(6-15-2)16-11(14)9-4-3-8(12)5-10(9)13/h3-5,7H,6,12-13H2,1-2H3. The van der Waals surface area contributed by atoms with Crippen molar-refractivity contribution in [3.8, 4) is 0 Å². The molecule has 0 amide bonds. The first-order valence-corrected chi connectivity index (χ1v) is 4.89. The number of hydrogen-bond acceptors (Lipinski definition) is 5. The summed E-state index contributed by atoms with van der Waals surface area (Å²) in [4.78, 5) is 11.7. The second-order valence-corrected chi connectivity index (χ2v) is 3.52. The summed E-state index contributed by atoms with van der Waals surface area (Å²) < 4.78 is 9.97. The van der Waals surface area contributed by atoms with Gasteiger partial charge in [-0.25, -0.2) is 4.79 Å². The van der Waals surface area contributed by atoms with Crippen molar-refractivity contribution < 1.29 is 14.3 Å². The van der Waals surface area contributed by atoms with E-state index < -0.39 is 5.97 Å². The first kappa shape index (κ1) is 12.3. The molecule has 1 rings (SSSR count). The zero-order valence-corrected chi connectivity index (χ0v) is 9.40. The van der Waals surface area contributed by atoms with Gasteiger partial charge in [-0.3, -0.25) is 0 Å². The summed E-state index contributed by atoms with van der Waals surface area (Å²) in [6, 6.07) is 4.68. The first-order valence-electron chi connectivity index (χ1n) is 4.89. The van der Waals surface area contributed by atoms with Crippen LogP contribution in [0.5, 0.6) is 0 Å². The van der Waals surface area contributed by atoms with E-state index >= 15 is 0 Å². The number of nitrogen functional groups attached to an aromatic ring is 2. The molecule has 0 aliphatic rings. The minimum absolute atomic E-state index is 0.311. The molecule has 1 aromatic rings. The monoisotopic (exact) mass is 224 g/mol. The minimum Gasteiger partial charge on any atom is -0.457 e. The Hall–Kier alpha value is -1.75. The largest absolute Gasteiger partial charge is 0.457 e. The van der Waals surface area contributed by atoms with Gasteiger partial charge in [0.2, 0.25) is 0 Å². The molecule has 0 aliphatic carbocycles. The molecule has 88 valence electrons. The van der Waals surface area contributed by atoms with E-state index in [1.807, 2.05) is 0 Å². The Balaban J connectivity index is 2.73. The normalized spacial score (nSPS) is 12.1. The Kier molecular flexibility index (Phi) is 4.13. The minimum atomic E-state index is -0.470. The molecule has 0 fully saturated rings. The zero-order valence-electron chi connectivity index (χ0n) is 9.40. The zero-order chi connectivity index (χ0) is 12.1. The van der Waals surface area contributed by atoms with Gasteiger partial charge in [-0.2, -0.15) is 0 Å². The molecule has 0 bridgehead atoms. The number of hydrogen-bond donors (Lipinski definition) is 2. The summed E-state index contributed by atoms with van der Waals surface area (Å²) in [6.07, 6.45) is -0.311. The van der Waals surface area contributed by atoms with Crippen LogP contribution >= 0.6 is 0 Å². The van der Waals surface area contributed by atoms with Crippen molar-refractivity contribution in [3.05, 3.63) is 23.8 Å². The Morgan fingerprint density at radius 1 is 1.44 bits per heavy atom. The smallest absolute Gasteiger partial charge is 0.340 e. The molecule has 0 aromatic heterocycles. The highest BCUT2D eigenvalue weighted by Crippen LogP contribution is 2.17. The first-order chi connectivity index (χ1) is 7.54. The summed E-state index contributed by atoms with van der Waals surface area (Å²) in [5.41, 5.74) is 12.3. The van der Waals surface area contributed by atoms with Gasteiger partial charge in [-0.05, 0) is 25.1 Å². The molecule has 0 spiro atoms. The van der Waals surface area contributed by atoms with E-state index in [4.69, 9.17) is 20.9 Å². The Labute approximate surface area is 94.3 Å². The number of benzene rings is 1. The van der Waals surface area contributed by atoms with E-state index in [1.165, 1.54) is 6.07 Å². The Morgan fingerprint density at radius 3 is 2.69 bits per heavy atom. The molecule has 1 unspecified atom stereocenters. The van der Waals surface area contributed by atoms with Crippen LogP contribution in [0, 0.1) is 0 Å². The van der Waals surface area contributed by atoms with Gasteiger partial charge in [0, 0.05) is 18.5 Å². The summed E-state index contributed by atoms with van der Waals surface area (Å²) >= 11 is 0. The lowest BCUT2D eigenvalue weighted by Crippen LogP contribution is -2.20. The van der Waals surface area contributed by atoms with Crippen molar-refractivity contribution in [2.24, 2.45) is 0 Å². The topological polar surface area (TPSA) is 87.6 Å². The molecule has 4 N–H and O–H groups in total. The van der Waals surface area contributed by atoms with Gasteiger partial charge in [0.1, 0.15) is 6.10 Å². The van der Waals surface area contributed by atoms with Crippen molar-refractivity contribution in [2.75, 3.05) is 25.2 Å². The predicted octanol–water partition coefficient (Wildman–Crippen LogP) is 1.04. The van der Waals surface area contributed by atoms with E-state index in [1.54, 1.807) is 26.2 Å². The molecule has 0 saturated heterocycles. The van der Waals surface area contributed by atoms with Gasteiger partial charge in [0.15, 0.2) is 0 Å². The van der Waals surface area contributed by atoms with E-state index in [-0.39, 0.29) is 6.10 Å². The molecular formula is C11H16N2O3. The van der Waals surface area contributed by atoms with Crippen LogP contribution < -0.4 is 11.5 Å². The molecule has 1 aromatic carbocycles. The molecule has 0 heterocycles. The molecule has 16 heavy (non-hydrogen) atoms. The molecule has 0 aliphatic heterocycles. The van der Waals surface area contributed by atoms with Crippen LogP contribution in [-0.2, 0) is 9.47 Å². The number of rotatable bonds is 4. The molecule has 0 saturated carbocycles. The van der Waals surface area contributed by atoms with Crippen molar-refractivity contribution in [1.82, 2.24) is 0 Å². The van der Waals surface area contributed by atoms with Gasteiger partial charge in [-0.15, -0.1) is 0 Å². The van der Waals surface area contributed by atoms with Gasteiger partial charge < -0.3 is 20.9 Å². The lowest BCUT2D eigenvalue weighted by atomic mass is 10.1. The third-order valence-electron chi connectivity index (χ3n) is 2.01. The van der Waals surface area contributed by atoms with Gasteiger partial charge in [0.25, 0.3) is 0 Å². The highest BCUT2D eigenvalue weighted by molar-refractivity contribution is 5.95. The molecular weight excluding hydrogens is 208 g/mol. The summed E-state index contributed by atoms with van der Waals surface area (Å²) in [5, 5.41) is 0. The maximum absolute atomic E-state index is 11.7. The van der Waals surface area contributed by atoms with Gasteiger partial charge in [-0.1, -0.05) is 0 Å². The van der Waals surface area contributed by atoms with Crippen molar-refractivity contribution in [1.29, 1.82) is 0 Å². The van der Waals surface area contributed by atoms with Crippen LogP contribution in [0.2, 0.25) is 0 Å². The Morgan fingerprint density at radius 2 is 2.12 bits per heavy atom. The average molecular weight is 224 g/mol. The van der Waals surface area contributed by atoms with E-state index in [9.17, 15) is 4.79 Å². The number of carbonyl (C=O) groups excluding carboxylic acids is 1. The van der Waals surface area contributed by atoms with Crippen LogP contribution in [0.1, 0.15) is 17.3 Å². The van der Waals surface area contributed by atoms with Gasteiger partial charge in [0.05, 0.1) is 12.2 Å². The number of nitrogens with two attached hydrogens (primary N) is 2. The molecule has 5 nitrogen and oxygen atoms in total. The molecule has 1 atom stereocenters. The molecule has 0 radical (unpaired) electrons. The highest BCUT2D eigenvalue weighted by Gasteiger charge is 2.14. The van der Waals surface area contributed by atoms with Crippen LogP contribution in [0.3, 0.4) is 0 Å². The van der Waals surface area contributed by atoms with Crippen molar-refractivity contribution in [3.63, 3.8) is 0 Å². The summed E-state index contributed by atoms with van der Waals surface area (Å²) in [6.45, 7) is 2.09. The molecule has 5 heteroatoms. The number of ether oxygens (including phenoxy) is 2. The van der Waals surface area contributed by atoms with E-state index in [0.717, 1.165) is 0 Å². The fourth-order valence-corrected chi connectivity index (χ4v) is 1.28. The quantitative estimate of drug-likeness (QED) is 0.589. The lowest BCUT2D eigenvalue weighted by molar-refractivity contribution is 0.0121. The van der Waals surface area contributed by atoms with Crippen LogP contribution in [0.15, 0.2) is 18.2 Å². The number of anilines is 2. The van der Waals surface area contributed by atoms with Crippen LogP contribution in [-0.4, -0.2) is 25.8 Å². The van der Waals surface area contributed by atoms with E-state index in [0.29, 0.717) is 23.5 Å². The third kappa shape index (κ3) is 3.13. The Bertz CT molecular complexity index is 379. The maximum Gasteiger partial charge on any atom is 0.340 e. The highest BCUT2D eigenvalue weighted by atomic mass is 16.6. The van der Waals surface area contributed by atoms with Crippen LogP contribution in [0.4, 0.5) is 11.4 Å². The maximum atomic E-state index is 11.7. The number of carbonyl (C=O) groups is 1. The predicted molar refractivity (Wildman–Crippen MR) is 62.0 cm³/mol. The average Bonchev–Trinajstić information content (AvgIpc) is 2.17. The van der Waals surface area contributed by atoms with Crippen LogP contribution in [0.25, 0.3) is 0 Å². The number of methoxy groups -OCH3 is 1. The second kappa shape index (κ2) is 5.37. The fraction of sp³-hybridized carbons (Fsp3) is 0.364. The summed E-state index contributed by atoms with van der Waals surface area (Å²) in [7, 11) is 1.54. The second-order valence-electron chi connectivity index (χ2n) is 3.52. The van der Waals surface area contributed by atoms with Crippen molar-refractivity contribution in [2.45, 2.75) is 13.0 Å². The lowest BCUT2D eigenvalue weighted by Gasteiger charge is -2.13. The van der Waals surface area contributed by atoms with Crippen molar-refractivity contribution >= 4 is 17.3 Å². The summed E-state index contributed by atoms with van der Waals surface area (Å²) in [5.74, 6) is -0.470. The number of esters is 1. The fourth-order valence-electron chi connectivity index (χ4n) is 1.28. The van der Waals surface area contributed by atoms with Gasteiger partial charge >= 0.3 is 5.97 Å². The third-order valence-corrected chi connectivity index (χ3v) is 2.01.